The second-order valence-electron chi connectivity index (χ2n) is 5.95. The Labute approximate surface area is 171 Å². The molecule has 1 atom stereocenters. The van der Waals surface area contributed by atoms with Gasteiger partial charge >= 0.3 is 0 Å². The molecule has 0 fully saturated rings. The molecule has 0 aliphatic carbocycles. The average molecular weight is 419 g/mol. The van der Waals surface area contributed by atoms with Crippen LogP contribution in [-0.4, -0.2) is 21.9 Å². The van der Waals surface area contributed by atoms with Crippen molar-refractivity contribution in [2.45, 2.75) is 24.2 Å². The van der Waals surface area contributed by atoms with E-state index in [4.69, 9.17) is 11.6 Å². The third kappa shape index (κ3) is 5.69. The molecule has 1 amide bonds. The van der Waals surface area contributed by atoms with Gasteiger partial charge < -0.3 is 10.6 Å². The number of aromatic nitrogens is 2. The fourth-order valence-corrected chi connectivity index (χ4v) is 4.19. The molecule has 2 N–H and O–H groups in total. The number of carbonyl (C=O) groups excluding carboxylic acids is 1. The third-order valence-electron chi connectivity index (χ3n) is 3.85. The third-order valence-corrected chi connectivity index (χ3v) is 6.05. The van der Waals surface area contributed by atoms with E-state index in [2.05, 4.69) is 20.8 Å². The Hall–Kier alpha value is -2.09. The molecular weight excluding hydrogens is 400 g/mol. The first-order valence-corrected chi connectivity index (χ1v) is 10.5. The topological polar surface area (TPSA) is 66.9 Å². The van der Waals surface area contributed by atoms with Crippen LogP contribution in [0.25, 0.3) is 0 Å². The van der Waals surface area contributed by atoms with Crippen LogP contribution in [0.15, 0.2) is 52.9 Å². The molecule has 140 valence electrons. The zero-order chi connectivity index (χ0) is 19.2. The molecule has 1 aromatic heterocycles. The molecule has 5 nitrogen and oxygen atoms in total. The SMILES string of the molecule is Cc1ccccc1Nc1nnc(SCC(=O)N[C@@H](C)c2cccc(Cl)c2)s1. The van der Waals surface area contributed by atoms with Crippen LogP contribution in [-0.2, 0) is 4.79 Å². The van der Waals surface area contributed by atoms with Gasteiger partial charge in [-0.15, -0.1) is 10.2 Å². The van der Waals surface area contributed by atoms with Crippen molar-refractivity contribution in [2.75, 3.05) is 11.1 Å². The Morgan fingerprint density at radius 2 is 2.04 bits per heavy atom. The molecule has 0 aliphatic heterocycles. The molecule has 2 aromatic carbocycles. The van der Waals surface area contributed by atoms with Gasteiger partial charge in [-0.25, -0.2) is 0 Å². The summed E-state index contributed by atoms with van der Waals surface area (Å²) in [5.41, 5.74) is 3.11. The zero-order valence-electron chi connectivity index (χ0n) is 14.9. The summed E-state index contributed by atoms with van der Waals surface area (Å²) in [5.74, 6) is 0.222. The van der Waals surface area contributed by atoms with Gasteiger partial charge in [-0.05, 0) is 43.2 Å². The standard InChI is InChI=1S/C19H19ClN4OS2/c1-12-6-3-4-9-16(12)22-18-23-24-19(27-18)26-11-17(25)21-13(2)14-7-5-8-15(20)10-14/h3-10,13H,11H2,1-2H3,(H,21,25)(H,22,23)/t13-/m0/s1. The molecule has 27 heavy (non-hydrogen) atoms. The van der Waals surface area contributed by atoms with Crippen molar-refractivity contribution >= 4 is 51.4 Å². The number of carbonyl (C=O) groups is 1. The second kappa shape index (κ2) is 9.21. The first kappa shape index (κ1) is 19.7. The molecule has 3 aromatic rings. The summed E-state index contributed by atoms with van der Waals surface area (Å²) >= 11 is 8.80. The summed E-state index contributed by atoms with van der Waals surface area (Å²) < 4.78 is 0.747. The molecule has 0 saturated heterocycles. The molecule has 0 unspecified atom stereocenters. The summed E-state index contributed by atoms with van der Waals surface area (Å²) in [6.07, 6.45) is 0. The molecule has 1 heterocycles. The van der Waals surface area contributed by atoms with Crippen molar-refractivity contribution in [1.82, 2.24) is 15.5 Å². The van der Waals surface area contributed by atoms with E-state index in [0.717, 1.165) is 21.2 Å². The van der Waals surface area contributed by atoms with Crippen LogP contribution in [0, 0.1) is 6.92 Å². The fraction of sp³-hybridized carbons (Fsp3) is 0.211. The minimum Gasteiger partial charge on any atom is -0.349 e. The van der Waals surface area contributed by atoms with Crippen LogP contribution in [0.2, 0.25) is 5.02 Å². The summed E-state index contributed by atoms with van der Waals surface area (Å²) in [4.78, 5) is 12.2. The Morgan fingerprint density at radius 3 is 2.81 bits per heavy atom. The Kier molecular flexibility index (Phi) is 6.71. The van der Waals surface area contributed by atoms with Crippen LogP contribution in [0.4, 0.5) is 10.8 Å². The Morgan fingerprint density at radius 1 is 1.22 bits per heavy atom. The van der Waals surface area contributed by atoms with Gasteiger partial charge in [0.15, 0.2) is 4.34 Å². The van der Waals surface area contributed by atoms with Gasteiger partial charge in [0.05, 0.1) is 11.8 Å². The molecule has 0 aliphatic rings. The highest BCUT2D eigenvalue weighted by atomic mass is 35.5. The average Bonchev–Trinajstić information content (AvgIpc) is 3.09. The van der Waals surface area contributed by atoms with E-state index in [1.54, 1.807) is 0 Å². The number of anilines is 2. The van der Waals surface area contributed by atoms with Crippen molar-refractivity contribution in [3.8, 4) is 0 Å². The van der Waals surface area contributed by atoms with E-state index >= 15 is 0 Å². The number of thioether (sulfide) groups is 1. The number of hydrogen-bond acceptors (Lipinski definition) is 6. The van der Waals surface area contributed by atoms with E-state index in [0.29, 0.717) is 10.2 Å². The lowest BCUT2D eigenvalue weighted by molar-refractivity contribution is -0.119. The molecule has 0 bridgehead atoms. The first-order chi connectivity index (χ1) is 13.0. The highest BCUT2D eigenvalue weighted by Gasteiger charge is 2.12. The molecule has 0 radical (unpaired) electrons. The summed E-state index contributed by atoms with van der Waals surface area (Å²) in [6, 6.07) is 15.4. The number of aryl methyl sites for hydroxylation is 1. The Bertz CT molecular complexity index is 931. The van der Waals surface area contributed by atoms with E-state index in [1.807, 2.05) is 62.4 Å². The minimum atomic E-state index is -0.107. The van der Waals surface area contributed by atoms with Crippen molar-refractivity contribution < 1.29 is 4.79 Å². The minimum absolute atomic E-state index is 0.0592. The van der Waals surface area contributed by atoms with Crippen molar-refractivity contribution in [1.29, 1.82) is 0 Å². The van der Waals surface area contributed by atoms with Gasteiger partial charge in [0.1, 0.15) is 0 Å². The van der Waals surface area contributed by atoms with Crippen molar-refractivity contribution in [3.05, 3.63) is 64.7 Å². The number of nitrogens with zero attached hydrogens (tertiary/aromatic N) is 2. The normalized spacial score (nSPS) is 11.8. The van der Waals surface area contributed by atoms with Crippen molar-refractivity contribution in [3.63, 3.8) is 0 Å². The maximum absolute atomic E-state index is 12.2. The maximum Gasteiger partial charge on any atom is 0.230 e. The van der Waals surface area contributed by atoms with E-state index in [-0.39, 0.29) is 17.7 Å². The number of nitrogens with one attached hydrogen (secondary N) is 2. The van der Waals surface area contributed by atoms with Crippen LogP contribution >= 0.6 is 34.7 Å². The second-order valence-corrected chi connectivity index (χ2v) is 8.58. The maximum atomic E-state index is 12.2. The number of halogens is 1. The highest BCUT2D eigenvalue weighted by molar-refractivity contribution is 8.01. The van der Waals surface area contributed by atoms with Crippen LogP contribution in [0.3, 0.4) is 0 Å². The molecule has 0 spiro atoms. The first-order valence-electron chi connectivity index (χ1n) is 8.35. The zero-order valence-corrected chi connectivity index (χ0v) is 17.3. The Balaban J connectivity index is 1.51. The van der Waals surface area contributed by atoms with Crippen LogP contribution in [0.1, 0.15) is 24.1 Å². The van der Waals surface area contributed by atoms with Crippen molar-refractivity contribution in [2.24, 2.45) is 0 Å². The largest absolute Gasteiger partial charge is 0.349 e. The molecular formula is C19H19ClN4OS2. The van der Waals surface area contributed by atoms with E-state index in [1.165, 1.54) is 23.1 Å². The van der Waals surface area contributed by atoms with Gasteiger partial charge in [0.25, 0.3) is 0 Å². The highest BCUT2D eigenvalue weighted by Crippen LogP contribution is 2.28. The summed E-state index contributed by atoms with van der Waals surface area (Å²) in [6.45, 7) is 3.97. The number of hydrogen-bond donors (Lipinski definition) is 2. The monoisotopic (exact) mass is 418 g/mol. The number of para-hydroxylation sites is 1. The lowest BCUT2D eigenvalue weighted by atomic mass is 10.1. The van der Waals surface area contributed by atoms with Gasteiger partial charge in [-0.3, -0.25) is 4.79 Å². The van der Waals surface area contributed by atoms with Crippen LogP contribution < -0.4 is 10.6 Å². The molecule has 3 rings (SSSR count). The molecule has 8 heteroatoms. The summed E-state index contributed by atoms with van der Waals surface area (Å²) in [7, 11) is 0. The van der Waals surface area contributed by atoms with E-state index < -0.39 is 0 Å². The fourth-order valence-electron chi connectivity index (χ4n) is 2.42. The number of rotatable bonds is 7. The lowest BCUT2D eigenvalue weighted by Crippen LogP contribution is -2.28. The predicted molar refractivity (Wildman–Crippen MR) is 113 cm³/mol. The summed E-state index contributed by atoms with van der Waals surface area (Å²) in [5, 5.41) is 15.9. The van der Waals surface area contributed by atoms with Gasteiger partial charge in [-0.1, -0.05) is 65.0 Å². The van der Waals surface area contributed by atoms with Gasteiger partial charge in [0.2, 0.25) is 11.0 Å². The number of benzene rings is 2. The van der Waals surface area contributed by atoms with E-state index in [9.17, 15) is 4.79 Å². The van der Waals surface area contributed by atoms with Crippen LogP contribution in [0.5, 0.6) is 0 Å². The lowest BCUT2D eigenvalue weighted by Gasteiger charge is -2.14. The van der Waals surface area contributed by atoms with Gasteiger partial charge in [-0.2, -0.15) is 0 Å². The smallest absolute Gasteiger partial charge is 0.230 e. The molecule has 0 saturated carbocycles. The predicted octanol–water partition coefficient (Wildman–Crippen LogP) is 5.21. The van der Waals surface area contributed by atoms with Gasteiger partial charge in [0, 0.05) is 10.7 Å². The quantitative estimate of drug-likeness (QED) is 0.515. The number of amides is 1.